The van der Waals surface area contributed by atoms with Crippen molar-refractivity contribution < 1.29 is 9.53 Å². The van der Waals surface area contributed by atoms with Crippen LogP contribution >= 0.6 is 34.8 Å². The number of halogens is 3. The van der Waals surface area contributed by atoms with E-state index >= 15 is 0 Å². The second-order valence-corrected chi connectivity index (χ2v) is 11.5. The first kappa shape index (κ1) is 29.1. The summed E-state index contributed by atoms with van der Waals surface area (Å²) in [6, 6.07) is 30.8. The fourth-order valence-corrected chi connectivity index (χ4v) is 5.98. The zero-order valence-corrected chi connectivity index (χ0v) is 24.5. The third kappa shape index (κ3) is 7.48. The van der Waals surface area contributed by atoms with Crippen LogP contribution in [0.5, 0.6) is 0 Å². The van der Waals surface area contributed by atoms with Gasteiger partial charge in [0.2, 0.25) is 5.91 Å². The smallest absolute Gasteiger partial charge is 0.250 e. The predicted octanol–water partition coefficient (Wildman–Crippen LogP) is 8.33. The Hall–Kier alpha value is -3.37. The van der Waals surface area contributed by atoms with Gasteiger partial charge in [0.15, 0.2) is 0 Å². The minimum Gasteiger partial charge on any atom is -0.360 e. The van der Waals surface area contributed by atoms with Crippen molar-refractivity contribution >= 4 is 46.4 Å². The molecule has 0 saturated carbocycles. The number of hydrogen-bond acceptors (Lipinski definition) is 4. The van der Waals surface area contributed by atoms with Crippen molar-refractivity contribution in [2.75, 3.05) is 25.0 Å². The highest BCUT2D eigenvalue weighted by molar-refractivity contribution is 6.35. The lowest BCUT2D eigenvalue weighted by molar-refractivity contribution is -0.135. The van der Waals surface area contributed by atoms with E-state index in [1.54, 1.807) is 24.3 Å². The molecule has 1 aliphatic heterocycles. The number of benzene rings is 4. The van der Waals surface area contributed by atoms with Crippen molar-refractivity contribution in [3.8, 4) is 17.2 Å². The Morgan fingerprint density at radius 3 is 2.24 bits per heavy atom. The summed E-state index contributed by atoms with van der Waals surface area (Å²) >= 11 is 18.4. The van der Waals surface area contributed by atoms with E-state index in [1.807, 2.05) is 48.5 Å². The van der Waals surface area contributed by atoms with Crippen LogP contribution in [0.3, 0.4) is 0 Å². The molecule has 41 heavy (non-hydrogen) atoms. The Morgan fingerprint density at radius 1 is 0.854 bits per heavy atom. The molecule has 208 valence electrons. The summed E-state index contributed by atoms with van der Waals surface area (Å²) in [7, 11) is 0. The van der Waals surface area contributed by atoms with Crippen molar-refractivity contribution in [1.82, 2.24) is 4.90 Å². The average Bonchev–Trinajstić information content (AvgIpc) is 2.97. The quantitative estimate of drug-likeness (QED) is 0.220. The zero-order valence-electron chi connectivity index (χ0n) is 22.2. The summed E-state index contributed by atoms with van der Waals surface area (Å²) in [5, 5.41) is 13.7. The predicted molar refractivity (Wildman–Crippen MR) is 165 cm³/mol. The maximum Gasteiger partial charge on any atom is 0.250 e. The molecule has 1 heterocycles. The molecule has 0 spiro atoms. The molecule has 4 aromatic rings. The lowest BCUT2D eigenvalue weighted by Gasteiger charge is -2.42. The normalized spacial score (nSPS) is 14.8. The molecular formula is C33H28Cl3N3O2. The van der Waals surface area contributed by atoms with E-state index in [1.165, 1.54) is 0 Å². The molecule has 4 aromatic carbocycles. The largest absolute Gasteiger partial charge is 0.360 e. The van der Waals surface area contributed by atoms with Gasteiger partial charge in [-0.3, -0.25) is 9.69 Å². The number of carbonyl (C=O) groups excluding carboxylic acids is 1. The van der Waals surface area contributed by atoms with Crippen molar-refractivity contribution in [3.63, 3.8) is 0 Å². The van der Waals surface area contributed by atoms with Gasteiger partial charge in [-0.2, -0.15) is 5.26 Å². The van der Waals surface area contributed by atoms with Crippen molar-refractivity contribution in [2.24, 2.45) is 0 Å². The van der Waals surface area contributed by atoms with Crippen LogP contribution in [0.2, 0.25) is 15.1 Å². The van der Waals surface area contributed by atoms with Crippen LogP contribution in [0, 0.1) is 11.3 Å². The first-order chi connectivity index (χ1) is 19.8. The van der Waals surface area contributed by atoms with E-state index in [0.29, 0.717) is 34.1 Å². The van der Waals surface area contributed by atoms with Gasteiger partial charge in [0, 0.05) is 40.4 Å². The SMILES string of the molecule is N#Cc1cccc(-c2ccc(C3(OCC(=O)Nc4cc(Cl)cc(Cl)c4)CCN(Cc4cccc(Cl)c4)CC3)cc2)c1. The molecule has 1 fully saturated rings. The second kappa shape index (κ2) is 13.1. The third-order valence-electron chi connectivity index (χ3n) is 7.32. The Kier molecular flexibility index (Phi) is 9.29. The van der Waals surface area contributed by atoms with Crippen LogP contribution in [0.25, 0.3) is 11.1 Å². The number of hydrogen-bond donors (Lipinski definition) is 1. The topological polar surface area (TPSA) is 65.4 Å². The van der Waals surface area contributed by atoms with Crippen LogP contribution < -0.4 is 5.32 Å². The molecule has 0 unspecified atom stereocenters. The standard InChI is InChI=1S/C33H28Cl3N3O2/c34-28-6-2-4-24(16-28)21-39-13-11-33(12-14-39,41-22-32(40)38-31-18-29(35)17-30(36)19-31)27-9-7-25(8-10-27)26-5-1-3-23(15-26)20-37/h1-10,15-19H,11-14,21-22H2,(H,38,40). The number of rotatable bonds is 8. The fourth-order valence-electron chi connectivity index (χ4n) is 5.24. The summed E-state index contributed by atoms with van der Waals surface area (Å²) in [5.41, 5.74) is 4.65. The van der Waals surface area contributed by atoms with Crippen molar-refractivity contribution in [1.29, 1.82) is 5.26 Å². The molecule has 5 nitrogen and oxygen atoms in total. The maximum atomic E-state index is 12.9. The number of carbonyl (C=O) groups is 1. The summed E-state index contributed by atoms with van der Waals surface area (Å²) in [5.74, 6) is -0.283. The second-order valence-electron chi connectivity index (χ2n) is 10.2. The van der Waals surface area contributed by atoms with E-state index in [9.17, 15) is 10.1 Å². The Balaban J connectivity index is 1.34. The van der Waals surface area contributed by atoms with Crippen LogP contribution in [-0.2, 0) is 21.7 Å². The van der Waals surface area contributed by atoms with Crippen molar-refractivity contribution in [2.45, 2.75) is 25.0 Å². The lowest BCUT2D eigenvalue weighted by Crippen LogP contribution is -2.45. The van der Waals surface area contributed by atoms with Gasteiger partial charge in [-0.1, -0.05) is 83.3 Å². The summed E-state index contributed by atoms with van der Waals surface area (Å²) in [6.07, 6.45) is 1.43. The summed E-state index contributed by atoms with van der Waals surface area (Å²) < 4.78 is 6.48. The van der Waals surface area contributed by atoms with Crippen LogP contribution in [-0.4, -0.2) is 30.5 Å². The van der Waals surface area contributed by atoms with Gasteiger partial charge in [-0.15, -0.1) is 0 Å². The number of nitriles is 1. The molecule has 0 radical (unpaired) electrons. The first-order valence-electron chi connectivity index (χ1n) is 13.3. The molecule has 5 rings (SSSR count). The zero-order chi connectivity index (χ0) is 28.8. The highest BCUT2D eigenvalue weighted by Gasteiger charge is 2.38. The van der Waals surface area contributed by atoms with E-state index in [-0.39, 0.29) is 12.5 Å². The monoisotopic (exact) mass is 603 g/mol. The fraction of sp³-hybridized carbons (Fsp3) is 0.212. The number of likely N-dealkylation sites (tertiary alicyclic amines) is 1. The van der Waals surface area contributed by atoms with Crippen LogP contribution in [0.4, 0.5) is 5.69 Å². The Bertz CT molecular complexity index is 1560. The van der Waals surface area contributed by atoms with E-state index in [2.05, 4.69) is 34.5 Å². The summed E-state index contributed by atoms with van der Waals surface area (Å²) in [6.45, 7) is 2.26. The van der Waals surface area contributed by atoms with E-state index < -0.39 is 5.60 Å². The molecule has 0 bridgehead atoms. The number of amides is 1. The van der Waals surface area contributed by atoms with Crippen molar-refractivity contribution in [3.05, 3.63) is 123 Å². The molecule has 1 aliphatic rings. The number of ether oxygens (including phenoxy) is 1. The van der Waals surface area contributed by atoms with Crippen LogP contribution in [0.1, 0.15) is 29.5 Å². The molecule has 0 aromatic heterocycles. The minimum absolute atomic E-state index is 0.121. The van der Waals surface area contributed by atoms with Gasteiger partial charge in [-0.05, 0) is 77.6 Å². The number of nitrogens with one attached hydrogen (secondary N) is 1. The third-order valence-corrected chi connectivity index (χ3v) is 7.99. The summed E-state index contributed by atoms with van der Waals surface area (Å²) in [4.78, 5) is 15.3. The van der Waals surface area contributed by atoms with Crippen LogP contribution in [0.15, 0.2) is 91.0 Å². The van der Waals surface area contributed by atoms with Gasteiger partial charge in [0.05, 0.1) is 17.2 Å². The minimum atomic E-state index is -0.638. The van der Waals surface area contributed by atoms with Gasteiger partial charge in [0.1, 0.15) is 6.61 Å². The lowest BCUT2D eigenvalue weighted by atomic mass is 9.83. The van der Waals surface area contributed by atoms with E-state index in [4.69, 9.17) is 39.5 Å². The van der Waals surface area contributed by atoms with Gasteiger partial charge >= 0.3 is 0 Å². The molecule has 8 heteroatoms. The molecule has 0 aliphatic carbocycles. The Morgan fingerprint density at radius 2 is 1.56 bits per heavy atom. The first-order valence-corrected chi connectivity index (χ1v) is 14.4. The molecular weight excluding hydrogens is 577 g/mol. The molecule has 1 N–H and O–H groups in total. The van der Waals surface area contributed by atoms with Gasteiger partial charge in [-0.25, -0.2) is 0 Å². The molecule has 0 atom stereocenters. The van der Waals surface area contributed by atoms with Gasteiger partial charge in [0.25, 0.3) is 0 Å². The van der Waals surface area contributed by atoms with E-state index in [0.717, 1.165) is 46.9 Å². The number of anilines is 1. The maximum absolute atomic E-state index is 12.9. The number of piperidine rings is 1. The van der Waals surface area contributed by atoms with Gasteiger partial charge < -0.3 is 10.1 Å². The number of nitrogens with zero attached hydrogens (tertiary/aromatic N) is 2. The average molecular weight is 605 g/mol. The Labute approximate surface area is 255 Å². The molecule has 1 amide bonds. The highest BCUT2D eigenvalue weighted by Crippen LogP contribution is 2.38. The highest BCUT2D eigenvalue weighted by atomic mass is 35.5. The molecule has 1 saturated heterocycles.